The van der Waals surface area contributed by atoms with E-state index in [0.717, 1.165) is 0 Å². The zero-order valence-corrected chi connectivity index (χ0v) is 16.4. The fraction of sp³-hybridized carbons (Fsp3) is 0.222. The second-order valence-electron chi connectivity index (χ2n) is 5.64. The molecule has 28 heavy (non-hydrogen) atoms. The van der Waals surface area contributed by atoms with Crippen LogP contribution in [-0.4, -0.2) is 31.0 Å². The Hall–Kier alpha value is -3.45. The van der Waals surface area contributed by atoms with Crippen molar-refractivity contribution in [3.63, 3.8) is 0 Å². The lowest BCUT2D eigenvalue weighted by Crippen LogP contribution is -2.15. The van der Waals surface area contributed by atoms with Crippen LogP contribution in [-0.2, 0) is 19.6 Å². The Morgan fingerprint density at radius 1 is 1.21 bits per heavy atom. The molecule has 0 aliphatic rings. The molecule has 0 fully saturated rings. The van der Waals surface area contributed by atoms with Gasteiger partial charge in [0.05, 0.1) is 11.5 Å². The van der Waals surface area contributed by atoms with Gasteiger partial charge in [-0.1, -0.05) is 0 Å². The first-order valence-corrected chi connectivity index (χ1v) is 9.72. The minimum atomic E-state index is -3.86. The van der Waals surface area contributed by atoms with Crippen molar-refractivity contribution in [3.05, 3.63) is 53.5 Å². The lowest BCUT2D eigenvalue weighted by Gasteiger charge is -2.09. The fourth-order valence-corrected chi connectivity index (χ4v) is 3.13. The molecule has 9 nitrogen and oxygen atoms in total. The first-order valence-electron chi connectivity index (χ1n) is 8.24. The Bertz CT molecular complexity index is 1020. The molecule has 0 saturated carbocycles. The topological polar surface area (TPSA) is 134 Å². The van der Waals surface area contributed by atoms with E-state index in [0.29, 0.717) is 17.1 Å². The Kier molecular flexibility index (Phi) is 6.68. The summed E-state index contributed by atoms with van der Waals surface area (Å²) in [6.45, 7) is 5.27. The number of sulfonamides is 1. The highest BCUT2D eigenvalue weighted by Gasteiger charge is 2.16. The van der Waals surface area contributed by atoms with Gasteiger partial charge in [-0.3, -0.25) is 0 Å². The van der Waals surface area contributed by atoms with Gasteiger partial charge in [-0.15, -0.1) is 0 Å². The predicted octanol–water partition coefficient (Wildman–Crippen LogP) is 2.28. The molecule has 0 amide bonds. The maximum atomic E-state index is 12.5. The van der Waals surface area contributed by atoms with Gasteiger partial charge in [0.2, 0.25) is 5.95 Å². The highest BCUT2D eigenvalue weighted by molar-refractivity contribution is 7.92. The van der Waals surface area contributed by atoms with Crippen LogP contribution in [0.4, 0.5) is 11.6 Å². The van der Waals surface area contributed by atoms with Crippen LogP contribution in [0.2, 0.25) is 0 Å². The Balaban J connectivity index is 2.14. The third-order valence-corrected chi connectivity index (χ3v) is 4.72. The van der Waals surface area contributed by atoms with E-state index in [9.17, 15) is 13.2 Å². The van der Waals surface area contributed by atoms with Crippen LogP contribution >= 0.6 is 0 Å². The molecule has 1 heterocycles. The van der Waals surface area contributed by atoms with Crippen LogP contribution in [0.1, 0.15) is 18.3 Å². The SMILES string of the molecule is CCOC(=O)/C(C#N)=C\Nc1ccc(S(=O)(=O)Nc2nc(C)cc(C)n2)cc1. The standard InChI is InChI=1S/C18H19N5O4S/c1-4-27-17(24)14(10-19)11-20-15-5-7-16(8-6-15)28(25,26)23-18-21-12(2)9-13(3)22-18/h5-9,11,20H,4H2,1-3H3,(H,21,22,23)/b14-11-. The highest BCUT2D eigenvalue weighted by atomic mass is 32.2. The number of hydrogen-bond donors (Lipinski definition) is 2. The molecule has 0 unspecified atom stereocenters. The van der Waals surface area contributed by atoms with E-state index in [1.165, 1.54) is 30.5 Å². The van der Waals surface area contributed by atoms with E-state index in [1.54, 1.807) is 32.9 Å². The van der Waals surface area contributed by atoms with Gasteiger partial charge >= 0.3 is 5.97 Å². The van der Waals surface area contributed by atoms with Crippen LogP contribution < -0.4 is 10.0 Å². The van der Waals surface area contributed by atoms with E-state index >= 15 is 0 Å². The molecule has 0 saturated heterocycles. The third kappa shape index (κ3) is 5.52. The van der Waals surface area contributed by atoms with Gasteiger partial charge in [0.1, 0.15) is 6.07 Å². The lowest BCUT2D eigenvalue weighted by molar-refractivity contribution is -0.138. The zero-order valence-electron chi connectivity index (χ0n) is 15.6. The Morgan fingerprint density at radius 3 is 2.36 bits per heavy atom. The molecule has 1 aromatic carbocycles. The van der Waals surface area contributed by atoms with Gasteiger partial charge in [0, 0.05) is 23.3 Å². The van der Waals surface area contributed by atoms with Crippen LogP contribution in [0.3, 0.4) is 0 Å². The smallest absolute Gasteiger partial charge is 0.350 e. The molecular formula is C18H19N5O4S. The number of rotatable bonds is 7. The van der Waals surface area contributed by atoms with Gasteiger partial charge in [-0.2, -0.15) is 5.26 Å². The molecule has 2 aromatic rings. The second kappa shape index (κ2) is 8.96. The van der Waals surface area contributed by atoms with Crippen molar-refractivity contribution in [2.75, 3.05) is 16.6 Å². The van der Waals surface area contributed by atoms with Gasteiger partial charge in [-0.05, 0) is 51.1 Å². The van der Waals surface area contributed by atoms with Crippen molar-refractivity contribution in [1.29, 1.82) is 5.26 Å². The second-order valence-corrected chi connectivity index (χ2v) is 7.32. The Labute approximate surface area is 163 Å². The average molecular weight is 401 g/mol. The number of carbonyl (C=O) groups excluding carboxylic acids is 1. The summed E-state index contributed by atoms with van der Waals surface area (Å²) in [7, 11) is -3.86. The van der Waals surface area contributed by atoms with E-state index in [2.05, 4.69) is 20.0 Å². The molecule has 2 rings (SSSR count). The highest BCUT2D eigenvalue weighted by Crippen LogP contribution is 2.17. The number of benzene rings is 1. The minimum absolute atomic E-state index is 0.00395. The normalized spacial score (nSPS) is 11.4. The monoisotopic (exact) mass is 401 g/mol. The molecule has 1 aromatic heterocycles. The number of aryl methyl sites for hydroxylation is 2. The molecule has 10 heteroatoms. The number of carbonyl (C=O) groups is 1. The first-order chi connectivity index (χ1) is 13.2. The first kappa shape index (κ1) is 20.9. The lowest BCUT2D eigenvalue weighted by atomic mass is 10.3. The number of aromatic nitrogens is 2. The largest absolute Gasteiger partial charge is 0.462 e. The Morgan fingerprint density at radius 2 is 1.82 bits per heavy atom. The number of nitrogens with one attached hydrogen (secondary N) is 2. The summed E-state index contributed by atoms with van der Waals surface area (Å²) < 4.78 is 32.1. The van der Waals surface area contributed by atoms with Crippen LogP contribution in [0.5, 0.6) is 0 Å². The van der Waals surface area contributed by atoms with Gasteiger partial charge in [-0.25, -0.2) is 27.9 Å². The number of hydrogen-bond acceptors (Lipinski definition) is 8. The quantitative estimate of drug-likeness (QED) is 0.410. The summed E-state index contributed by atoms with van der Waals surface area (Å²) in [5, 5.41) is 11.7. The number of esters is 1. The number of nitrogens with zero attached hydrogens (tertiary/aromatic N) is 3. The van der Waals surface area contributed by atoms with Crippen molar-refractivity contribution in [1.82, 2.24) is 9.97 Å². The van der Waals surface area contributed by atoms with Gasteiger partial charge in [0.25, 0.3) is 10.0 Å². The zero-order chi connectivity index (χ0) is 20.7. The predicted molar refractivity (Wildman–Crippen MR) is 103 cm³/mol. The summed E-state index contributed by atoms with van der Waals surface area (Å²) in [5.41, 5.74) is 1.57. The number of ether oxygens (including phenoxy) is 1. The summed E-state index contributed by atoms with van der Waals surface area (Å²) >= 11 is 0. The van der Waals surface area contributed by atoms with Crippen LogP contribution in [0.25, 0.3) is 0 Å². The molecular weight excluding hydrogens is 382 g/mol. The number of nitriles is 1. The molecule has 0 radical (unpaired) electrons. The number of anilines is 2. The molecule has 0 aliphatic heterocycles. The molecule has 0 aliphatic carbocycles. The van der Waals surface area contributed by atoms with Crippen molar-refractivity contribution in [3.8, 4) is 6.07 Å². The summed E-state index contributed by atoms with van der Waals surface area (Å²) in [6.07, 6.45) is 1.20. The summed E-state index contributed by atoms with van der Waals surface area (Å²) in [4.78, 5) is 19.7. The summed E-state index contributed by atoms with van der Waals surface area (Å²) in [6, 6.07) is 9.20. The molecule has 146 valence electrons. The van der Waals surface area contributed by atoms with Gasteiger partial charge < -0.3 is 10.1 Å². The fourth-order valence-electron chi connectivity index (χ4n) is 2.18. The minimum Gasteiger partial charge on any atom is -0.462 e. The third-order valence-electron chi connectivity index (χ3n) is 3.37. The molecule has 0 spiro atoms. The van der Waals surface area contributed by atoms with Crippen molar-refractivity contribution >= 4 is 27.6 Å². The van der Waals surface area contributed by atoms with E-state index in [-0.39, 0.29) is 23.0 Å². The van der Waals surface area contributed by atoms with Crippen molar-refractivity contribution in [2.24, 2.45) is 0 Å². The van der Waals surface area contributed by atoms with Crippen LogP contribution in [0, 0.1) is 25.2 Å². The van der Waals surface area contributed by atoms with Crippen molar-refractivity contribution < 1.29 is 17.9 Å². The van der Waals surface area contributed by atoms with Crippen LogP contribution in [0.15, 0.2) is 47.0 Å². The maximum Gasteiger partial charge on any atom is 0.350 e. The average Bonchev–Trinajstić information content (AvgIpc) is 2.61. The molecule has 0 atom stereocenters. The van der Waals surface area contributed by atoms with Crippen molar-refractivity contribution in [2.45, 2.75) is 25.7 Å². The van der Waals surface area contributed by atoms with E-state index in [4.69, 9.17) is 10.00 Å². The van der Waals surface area contributed by atoms with E-state index < -0.39 is 16.0 Å². The summed E-state index contributed by atoms with van der Waals surface area (Å²) in [5.74, 6) is -0.745. The maximum absolute atomic E-state index is 12.5. The molecule has 2 N–H and O–H groups in total. The van der Waals surface area contributed by atoms with E-state index in [1.807, 2.05) is 0 Å². The molecule has 0 bridgehead atoms. The van der Waals surface area contributed by atoms with Gasteiger partial charge in [0.15, 0.2) is 5.57 Å².